The van der Waals surface area contributed by atoms with Crippen LogP contribution in [0.1, 0.15) is 15.9 Å². The molecule has 0 saturated carbocycles. The zero-order valence-corrected chi connectivity index (χ0v) is 16.1. The number of hydrogen-bond donors (Lipinski definition) is 2. The maximum atomic E-state index is 13.5. The molecule has 0 aromatic heterocycles. The van der Waals surface area contributed by atoms with Crippen molar-refractivity contribution in [3.63, 3.8) is 0 Å². The Morgan fingerprint density at radius 2 is 1.77 bits per heavy atom. The van der Waals surface area contributed by atoms with Gasteiger partial charge in [-0.1, -0.05) is 18.2 Å². The molecule has 8 nitrogen and oxygen atoms in total. The summed E-state index contributed by atoms with van der Waals surface area (Å²) in [7, 11) is 0. The Labute approximate surface area is 172 Å². The van der Waals surface area contributed by atoms with Crippen molar-refractivity contribution < 1.29 is 33.0 Å². The third kappa shape index (κ3) is 5.94. The van der Waals surface area contributed by atoms with Crippen LogP contribution in [0.4, 0.5) is 4.39 Å². The van der Waals surface area contributed by atoms with Crippen molar-refractivity contribution in [1.29, 1.82) is 0 Å². The van der Waals surface area contributed by atoms with Gasteiger partial charge in [0.1, 0.15) is 25.6 Å². The summed E-state index contributed by atoms with van der Waals surface area (Å²) in [5.74, 6) is -1.34. The second-order valence-corrected chi connectivity index (χ2v) is 6.40. The van der Waals surface area contributed by atoms with Crippen LogP contribution in [0.25, 0.3) is 0 Å². The van der Waals surface area contributed by atoms with Gasteiger partial charge in [0.25, 0.3) is 11.8 Å². The molecule has 2 aromatic rings. The van der Waals surface area contributed by atoms with E-state index in [1.54, 1.807) is 0 Å². The van der Waals surface area contributed by atoms with Gasteiger partial charge in [-0.2, -0.15) is 0 Å². The molecule has 0 atom stereocenters. The molecule has 1 aliphatic rings. The van der Waals surface area contributed by atoms with Crippen LogP contribution in [-0.2, 0) is 20.7 Å². The summed E-state index contributed by atoms with van der Waals surface area (Å²) in [6.45, 7) is 0.417. The van der Waals surface area contributed by atoms with Crippen LogP contribution in [0.2, 0.25) is 0 Å². The van der Waals surface area contributed by atoms with Crippen molar-refractivity contribution in [3.8, 4) is 11.5 Å². The Morgan fingerprint density at radius 1 is 1.00 bits per heavy atom. The second-order valence-electron chi connectivity index (χ2n) is 6.40. The van der Waals surface area contributed by atoms with E-state index in [1.807, 2.05) is 18.2 Å². The molecule has 1 heterocycles. The van der Waals surface area contributed by atoms with Gasteiger partial charge in [0.2, 0.25) is 0 Å². The monoisotopic (exact) mass is 416 g/mol. The zero-order chi connectivity index (χ0) is 21.3. The minimum absolute atomic E-state index is 0.179. The number of fused-ring (bicyclic) bond motifs is 1. The number of hydrogen-bond acceptors (Lipinski definition) is 6. The van der Waals surface area contributed by atoms with Crippen LogP contribution in [-0.4, -0.2) is 50.7 Å². The lowest BCUT2D eigenvalue weighted by atomic mass is 10.1. The van der Waals surface area contributed by atoms with Crippen LogP contribution in [0.15, 0.2) is 42.5 Å². The number of halogens is 1. The van der Waals surface area contributed by atoms with E-state index in [9.17, 15) is 18.8 Å². The molecule has 0 radical (unpaired) electrons. The van der Waals surface area contributed by atoms with Gasteiger partial charge < -0.3 is 24.8 Å². The first-order valence-corrected chi connectivity index (χ1v) is 9.36. The van der Waals surface area contributed by atoms with E-state index in [2.05, 4.69) is 10.6 Å². The quantitative estimate of drug-likeness (QED) is 0.628. The third-order valence-corrected chi connectivity index (χ3v) is 4.22. The molecular weight excluding hydrogens is 395 g/mol. The summed E-state index contributed by atoms with van der Waals surface area (Å²) in [6.07, 6.45) is 0.565. The number of rotatable bonds is 8. The maximum Gasteiger partial charge on any atom is 0.325 e. The molecule has 2 N–H and O–H groups in total. The van der Waals surface area contributed by atoms with Crippen LogP contribution in [0, 0.1) is 5.82 Å². The molecule has 30 heavy (non-hydrogen) atoms. The Kier molecular flexibility index (Phi) is 7.20. The normalized spacial score (nSPS) is 12.0. The number of amides is 2. The van der Waals surface area contributed by atoms with E-state index in [0.29, 0.717) is 37.7 Å². The fourth-order valence-electron chi connectivity index (χ4n) is 2.73. The van der Waals surface area contributed by atoms with Crippen molar-refractivity contribution >= 4 is 17.8 Å². The lowest BCUT2D eigenvalue weighted by Gasteiger charge is -2.18. The average molecular weight is 416 g/mol. The van der Waals surface area contributed by atoms with Gasteiger partial charge in [0.05, 0.1) is 5.56 Å². The minimum atomic E-state index is -0.804. The van der Waals surface area contributed by atoms with E-state index >= 15 is 0 Å². The lowest BCUT2D eigenvalue weighted by Crippen LogP contribution is -2.34. The molecule has 0 spiro atoms. The number of carbonyl (C=O) groups is 3. The van der Waals surface area contributed by atoms with Crippen LogP contribution in [0.3, 0.4) is 0 Å². The van der Waals surface area contributed by atoms with Gasteiger partial charge in [-0.25, -0.2) is 4.39 Å². The van der Waals surface area contributed by atoms with Gasteiger partial charge in [0.15, 0.2) is 18.1 Å². The molecule has 3 rings (SSSR count). The van der Waals surface area contributed by atoms with Crippen molar-refractivity contribution in [3.05, 3.63) is 59.4 Å². The van der Waals surface area contributed by atoms with Crippen molar-refractivity contribution in [1.82, 2.24) is 10.6 Å². The maximum absolute atomic E-state index is 13.5. The number of ether oxygens (including phenoxy) is 3. The smallest absolute Gasteiger partial charge is 0.325 e. The van der Waals surface area contributed by atoms with Crippen LogP contribution < -0.4 is 20.1 Å². The van der Waals surface area contributed by atoms with Crippen molar-refractivity contribution in [2.45, 2.75) is 6.42 Å². The van der Waals surface area contributed by atoms with Gasteiger partial charge >= 0.3 is 5.97 Å². The molecule has 158 valence electrons. The Bertz CT molecular complexity index is 933. The molecule has 2 aromatic carbocycles. The lowest BCUT2D eigenvalue weighted by molar-refractivity contribution is -0.147. The molecule has 0 aliphatic carbocycles. The molecule has 0 bridgehead atoms. The van der Waals surface area contributed by atoms with E-state index in [1.165, 1.54) is 18.2 Å². The fraction of sp³-hybridized carbons (Fsp3) is 0.286. The summed E-state index contributed by atoms with van der Waals surface area (Å²) in [5, 5.41) is 4.89. The van der Waals surface area contributed by atoms with E-state index < -0.39 is 36.8 Å². The summed E-state index contributed by atoms with van der Waals surface area (Å²) < 4.78 is 29.3. The largest absolute Gasteiger partial charge is 0.486 e. The Balaban J connectivity index is 1.33. The highest BCUT2D eigenvalue weighted by Gasteiger charge is 2.14. The predicted octanol–water partition coefficient (Wildman–Crippen LogP) is 1.23. The van der Waals surface area contributed by atoms with Crippen molar-refractivity contribution in [2.75, 3.05) is 32.9 Å². The van der Waals surface area contributed by atoms with E-state index in [0.717, 1.165) is 11.6 Å². The molecular formula is C21H21FN2O6. The summed E-state index contributed by atoms with van der Waals surface area (Å²) in [6, 6.07) is 11.0. The number of benzene rings is 2. The van der Waals surface area contributed by atoms with Gasteiger partial charge in [-0.15, -0.1) is 0 Å². The number of esters is 1. The second kappa shape index (κ2) is 10.2. The van der Waals surface area contributed by atoms with E-state index in [4.69, 9.17) is 14.2 Å². The van der Waals surface area contributed by atoms with Gasteiger partial charge in [-0.05, 0) is 36.2 Å². The topological polar surface area (TPSA) is 103 Å². The first-order chi connectivity index (χ1) is 14.5. The Morgan fingerprint density at radius 3 is 2.57 bits per heavy atom. The summed E-state index contributed by atoms with van der Waals surface area (Å²) in [4.78, 5) is 35.3. The summed E-state index contributed by atoms with van der Waals surface area (Å²) in [5.41, 5.74) is 0.787. The minimum Gasteiger partial charge on any atom is -0.486 e. The first-order valence-electron chi connectivity index (χ1n) is 9.36. The SMILES string of the molecule is O=C(COC(=O)CNC(=O)c1ccccc1F)NCCc1ccc2c(c1)OCCO2. The standard InChI is InChI=1S/C21H21FN2O6/c22-16-4-2-1-3-15(16)21(27)24-12-20(26)30-13-19(25)23-8-7-14-5-6-17-18(11-14)29-10-9-28-17/h1-6,11H,7-10,12-13H2,(H,23,25)(H,24,27). The van der Waals surface area contributed by atoms with Gasteiger partial charge in [-0.3, -0.25) is 14.4 Å². The van der Waals surface area contributed by atoms with Crippen molar-refractivity contribution in [2.24, 2.45) is 0 Å². The van der Waals surface area contributed by atoms with Crippen LogP contribution in [0.5, 0.6) is 11.5 Å². The highest BCUT2D eigenvalue weighted by Crippen LogP contribution is 2.30. The van der Waals surface area contributed by atoms with E-state index in [-0.39, 0.29) is 5.56 Å². The highest BCUT2D eigenvalue weighted by molar-refractivity contribution is 5.96. The van der Waals surface area contributed by atoms with Gasteiger partial charge in [0, 0.05) is 6.54 Å². The molecule has 0 saturated heterocycles. The van der Waals surface area contributed by atoms with Crippen LogP contribution >= 0.6 is 0 Å². The molecule has 1 aliphatic heterocycles. The number of nitrogens with one attached hydrogen (secondary N) is 2. The zero-order valence-electron chi connectivity index (χ0n) is 16.1. The highest BCUT2D eigenvalue weighted by atomic mass is 19.1. The number of carbonyl (C=O) groups excluding carboxylic acids is 3. The molecule has 0 fully saturated rings. The molecule has 2 amide bonds. The first kappa shape index (κ1) is 21.1. The molecule has 0 unspecified atom stereocenters. The summed E-state index contributed by atoms with van der Waals surface area (Å²) >= 11 is 0. The Hall–Kier alpha value is -3.62. The predicted molar refractivity (Wildman–Crippen MR) is 104 cm³/mol. The third-order valence-electron chi connectivity index (χ3n) is 4.22. The average Bonchev–Trinajstić information content (AvgIpc) is 2.76. The fourth-order valence-corrected chi connectivity index (χ4v) is 2.73. The molecule has 9 heteroatoms.